The number of amides is 1. The van der Waals surface area contributed by atoms with Crippen LogP contribution < -0.4 is 10.9 Å². The quantitative estimate of drug-likeness (QED) is 0.514. The number of hydrogen-bond acceptors (Lipinski definition) is 4. The van der Waals surface area contributed by atoms with Crippen LogP contribution in [0.2, 0.25) is 0 Å². The van der Waals surface area contributed by atoms with Gasteiger partial charge in [0.05, 0.1) is 34.9 Å². The normalized spacial score (nSPS) is 11.1. The molecule has 0 aliphatic rings. The Morgan fingerprint density at radius 2 is 1.85 bits per heavy atom. The Morgan fingerprint density at radius 3 is 2.74 bits per heavy atom. The number of fused-ring (bicyclic) bond motifs is 2. The second-order valence-electron chi connectivity index (χ2n) is 6.35. The molecule has 0 saturated carbocycles. The first-order valence-corrected chi connectivity index (χ1v) is 8.85. The number of aromatic nitrogens is 4. The second kappa shape index (κ2) is 7.41. The molecule has 0 fully saturated rings. The van der Waals surface area contributed by atoms with Gasteiger partial charge < -0.3 is 9.88 Å². The van der Waals surface area contributed by atoms with E-state index in [0.717, 1.165) is 24.0 Å². The number of rotatable bonds is 6. The summed E-state index contributed by atoms with van der Waals surface area (Å²) >= 11 is 0. The van der Waals surface area contributed by atoms with Crippen molar-refractivity contribution in [2.24, 2.45) is 0 Å². The van der Waals surface area contributed by atoms with E-state index in [-0.39, 0.29) is 17.9 Å². The number of hydrogen-bond donors (Lipinski definition) is 2. The minimum absolute atomic E-state index is 0.116. The summed E-state index contributed by atoms with van der Waals surface area (Å²) in [5.41, 5.74) is 2.39. The Labute approximate surface area is 155 Å². The van der Waals surface area contributed by atoms with Gasteiger partial charge in [0.2, 0.25) is 5.91 Å². The predicted octanol–water partition coefficient (Wildman–Crippen LogP) is 2.02. The van der Waals surface area contributed by atoms with Gasteiger partial charge in [0, 0.05) is 18.5 Å². The highest BCUT2D eigenvalue weighted by Crippen LogP contribution is 2.13. The highest BCUT2D eigenvalue weighted by molar-refractivity contribution is 5.88. The Balaban J connectivity index is 1.34. The van der Waals surface area contributed by atoms with E-state index in [1.165, 1.54) is 0 Å². The third-order valence-corrected chi connectivity index (χ3v) is 4.53. The summed E-state index contributed by atoms with van der Waals surface area (Å²) in [7, 11) is 0. The molecule has 7 heteroatoms. The van der Waals surface area contributed by atoms with Crippen LogP contribution in [-0.2, 0) is 17.8 Å². The van der Waals surface area contributed by atoms with E-state index in [9.17, 15) is 9.59 Å². The molecular weight excluding hydrogens is 342 g/mol. The summed E-state index contributed by atoms with van der Waals surface area (Å²) in [4.78, 5) is 28.4. The van der Waals surface area contributed by atoms with Gasteiger partial charge >= 0.3 is 0 Å². The van der Waals surface area contributed by atoms with Crippen LogP contribution in [0.25, 0.3) is 21.8 Å². The van der Waals surface area contributed by atoms with Gasteiger partial charge in [-0.05, 0) is 24.6 Å². The van der Waals surface area contributed by atoms with Gasteiger partial charge in [-0.25, -0.2) is 10.1 Å². The van der Waals surface area contributed by atoms with Crippen molar-refractivity contribution >= 4 is 27.7 Å². The van der Waals surface area contributed by atoms with Crippen LogP contribution in [0.5, 0.6) is 0 Å². The fourth-order valence-electron chi connectivity index (χ4n) is 3.19. The Kier molecular flexibility index (Phi) is 4.65. The third-order valence-electron chi connectivity index (χ3n) is 4.53. The molecule has 0 saturated heterocycles. The van der Waals surface area contributed by atoms with Gasteiger partial charge in [-0.3, -0.25) is 9.59 Å². The lowest BCUT2D eigenvalue weighted by Crippen LogP contribution is -2.27. The molecule has 2 aromatic carbocycles. The lowest BCUT2D eigenvalue weighted by molar-refractivity contribution is -0.120. The van der Waals surface area contributed by atoms with Crippen molar-refractivity contribution in [3.8, 4) is 0 Å². The van der Waals surface area contributed by atoms with E-state index >= 15 is 0 Å². The van der Waals surface area contributed by atoms with E-state index in [0.29, 0.717) is 23.0 Å². The minimum Gasteiger partial charge on any atom is -0.356 e. The van der Waals surface area contributed by atoms with E-state index in [1.54, 1.807) is 12.1 Å². The molecule has 4 rings (SSSR count). The Bertz CT molecular complexity index is 1160. The molecule has 2 heterocycles. The summed E-state index contributed by atoms with van der Waals surface area (Å²) in [6, 6.07) is 15.1. The molecule has 0 bridgehead atoms. The standard InChI is InChI=1S/C20H19N5O2/c26-19(12-17-14-6-1-2-7-15(14)20(27)24-23-17)21-10-5-11-25-13-22-16-8-3-4-9-18(16)25/h1-4,6-9,13H,5,10-12H2,(H,21,26)(H,24,27). The summed E-state index contributed by atoms with van der Waals surface area (Å²) in [5.74, 6) is -0.116. The van der Waals surface area contributed by atoms with Crippen molar-refractivity contribution in [3.05, 3.63) is 70.9 Å². The smallest absolute Gasteiger partial charge is 0.272 e. The molecule has 0 atom stereocenters. The molecule has 27 heavy (non-hydrogen) atoms. The number of H-pyrrole nitrogens is 1. The first kappa shape index (κ1) is 17.0. The van der Waals surface area contributed by atoms with Gasteiger partial charge in [0.25, 0.3) is 5.56 Å². The molecule has 0 unspecified atom stereocenters. The second-order valence-corrected chi connectivity index (χ2v) is 6.35. The molecule has 0 spiro atoms. The molecule has 2 aromatic heterocycles. The molecule has 4 aromatic rings. The molecule has 7 nitrogen and oxygen atoms in total. The molecule has 0 radical (unpaired) electrons. The monoisotopic (exact) mass is 361 g/mol. The largest absolute Gasteiger partial charge is 0.356 e. The fraction of sp³-hybridized carbons (Fsp3) is 0.200. The predicted molar refractivity (Wildman–Crippen MR) is 103 cm³/mol. The molecule has 136 valence electrons. The van der Waals surface area contributed by atoms with Crippen molar-refractivity contribution in [2.75, 3.05) is 6.54 Å². The number of nitrogens with zero attached hydrogens (tertiary/aromatic N) is 3. The van der Waals surface area contributed by atoms with E-state index in [2.05, 4.69) is 25.1 Å². The Morgan fingerprint density at radius 1 is 1.07 bits per heavy atom. The fourth-order valence-corrected chi connectivity index (χ4v) is 3.19. The van der Waals surface area contributed by atoms with Crippen LogP contribution in [0.3, 0.4) is 0 Å². The topological polar surface area (TPSA) is 92.7 Å². The lowest BCUT2D eigenvalue weighted by Gasteiger charge is -2.08. The lowest BCUT2D eigenvalue weighted by atomic mass is 10.1. The maximum atomic E-state index is 12.3. The summed E-state index contributed by atoms with van der Waals surface area (Å²) in [6.07, 6.45) is 2.75. The average molecular weight is 361 g/mol. The van der Waals surface area contributed by atoms with Gasteiger partial charge in [-0.15, -0.1) is 0 Å². The van der Waals surface area contributed by atoms with E-state index < -0.39 is 0 Å². The van der Waals surface area contributed by atoms with Crippen LogP contribution in [-0.4, -0.2) is 32.2 Å². The van der Waals surface area contributed by atoms with Crippen LogP contribution in [0.4, 0.5) is 0 Å². The van der Waals surface area contributed by atoms with Crippen molar-refractivity contribution in [1.29, 1.82) is 0 Å². The number of carbonyl (C=O) groups is 1. The average Bonchev–Trinajstić information content (AvgIpc) is 3.11. The van der Waals surface area contributed by atoms with E-state index in [1.807, 2.05) is 42.7 Å². The first-order chi connectivity index (χ1) is 13.2. The zero-order valence-electron chi connectivity index (χ0n) is 14.7. The van der Waals surface area contributed by atoms with Gasteiger partial charge in [-0.2, -0.15) is 5.10 Å². The number of benzene rings is 2. The minimum atomic E-state index is -0.248. The van der Waals surface area contributed by atoms with Gasteiger partial charge in [0.1, 0.15) is 0 Å². The Hall–Kier alpha value is -3.48. The van der Waals surface area contributed by atoms with Crippen LogP contribution in [0, 0.1) is 0 Å². The van der Waals surface area contributed by atoms with Crippen molar-refractivity contribution in [3.63, 3.8) is 0 Å². The number of aryl methyl sites for hydroxylation is 1. The maximum absolute atomic E-state index is 12.3. The molecule has 0 aliphatic heterocycles. The number of para-hydroxylation sites is 2. The van der Waals surface area contributed by atoms with Crippen LogP contribution in [0.1, 0.15) is 12.1 Å². The highest BCUT2D eigenvalue weighted by Gasteiger charge is 2.10. The van der Waals surface area contributed by atoms with Gasteiger partial charge in [0.15, 0.2) is 0 Å². The molecule has 0 aliphatic carbocycles. The zero-order valence-corrected chi connectivity index (χ0v) is 14.7. The first-order valence-electron chi connectivity index (χ1n) is 8.85. The number of nitrogens with one attached hydrogen (secondary N) is 2. The number of aromatic amines is 1. The van der Waals surface area contributed by atoms with Crippen LogP contribution >= 0.6 is 0 Å². The number of imidazole rings is 1. The maximum Gasteiger partial charge on any atom is 0.272 e. The van der Waals surface area contributed by atoms with Crippen molar-refractivity contribution < 1.29 is 4.79 Å². The van der Waals surface area contributed by atoms with Crippen LogP contribution in [0.15, 0.2) is 59.7 Å². The highest BCUT2D eigenvalue weighted by atomic mass is 16.1. The molecule has 1 amide bonds. The SMILES string of the molecule is O=C(Cc1n[nH]c(=O)c2ccccc12)NCCCn1cnc2ccccc21. The summed E-state index contributed by atoms with van der Waals surface area (Å²) in [6.45, 7) is 1.34. The van der Waals surface area contributed by atoms with E-state index in [4.69, 9.17) is 0 Å². The number of carbonyl (C=O) groups excluding carboxylic acids is 1. The molecule has 2 N–H and O–H groups in total. The van der Waals surface area contributed by atoms with Crippen molar-refractivity contribution in [2.45, 2.75) is 19.4 Å². The molecular formula is C20H19N5O2. The summed E-state index contributed by atoms with van der Waals surface area (Å²) < 4.78 is 2.08. The summed E-state index contributed by atoms with van der Waals surface area (Å²) in [5, 5.41) is 10.7. The zero-order chi connectivity index (χ0) is 18.6. The van der Waals surface area contributed by atoms with Crippen molar-refractivity contribution in [1.82, 2.24) is 25.1 Å². The van der Waals surface area contributed by atoms with Gasteiger partial charge in [-0.1, -0.05) is 30.3 Å². The third kappa shape index (κ3) is 3.57.